The molecule has 1 saturated carbocycles. The molecule has 1 aliphatic rings. The number of hydrogen-bond donors (Lipinski definition) is 0. The number of rotatable bonds is 4. The Morgan fingerprint density at radius 2 is 1.79 bits per heavy atom. The fourth-order valence-electron chi connectivity index (χ4n) is 2.62. The Hall–Kier alpha value is -0.330. The van der Waals surface area contributed by atoms with Gasteiger partial charge in [0.15, 0.2) is 0 Å². The Bertz CT molecular complexity index is 176. The van der Waals surface area contributed by atoms with Gasteiger partial charge in [-0.1, -0.05) is 33.6 Å². The van der Waals surface area contributed by atoms with E-state index in [4.69, 9.17) is 0 Å². The van der Waals surface area contributed by atoms with Gasteiger partial charge in [-0.05, 0) is 31.6 Å². The molecule has 0 aromatic carbocycles. The first-order chi connectivity index (χ1) is 6.65. The van der Waals surface area contributed by atoms with Crippen LogP contribution in [0.15, 0.2) is 0 Å². The number of hydrogen-bond acceptors (Lipinski definition) is 1. The summed E-state index contributed by atoms with van der Waals surface area (Å²) in [7, 11) is 0. The predicted molar refractivity (Wildman–Crippen MR) is 60.2 cm³/mol. The van der Waals surface area contributed by atoms with Crippen LogP contribution in [0.2, 0.25) is 0 Å². The van der Waals surface area contributed by atoms with Crippen molar-refractivity contribution < 1.29 is 4.79 Å². The second-order valence-electron chi connectivity index (χ2n) is 5.06. The molecule has 0 unspecified atom stereocenters. The average molecular weight is 196 g/mol. The van der Waals surface area contributed by atoms with E-state index in [-0.39, 0.29) is 5.92 Å². The summed E-state index contributed by atoms with van der Waals surface area (Å²) in [6.07, 6.45) is 7.55. The number of carbonyl (C=O) groups is 1. The zero-order valence-corrected chi connectivity index (χ0v) is 9.88. The van der Waals surface area contributed by atoms with Crippen LogP contribution in [0.5, 0.6) is 0 Å². The van der Waals surface area contributed by atoms with Crippen LogP contribution in [0.1, 0.15) is 59.3 Å². The van der Waals surface area contributed by atoms with Gasteiger partial charge in [-0.25, -0.2) is 0 Å². The average Bonchev–Trinajstić information content (AvgIpc) is 2.18. The van der Waals surface area contributed by atoms with Crippen LogP contribution in [-0.2, 0) is 4.79 Å². The lowest BCUT2D eigenvalue weighted by Crippen LogP contribution is -2.25. The molecule has 1 heteroatoms. The quantitative estimate of drug-likeness (QED) is 0.668. The monoisotopic (exact) mass is 196 g/mol. The SMILES string of the molecule is CCCC1CCC(C(=O)C(C)C)CC1. The topological polar surface area (TPSA) is 17.1 Å². The summed E-state index contributed by atoms with van der Waals surface area (Å²) in [5.74, 6) is 2.04. The summed E-state index contributed by atoms with van der Waals surface area (Å²) in [5.41, 5.74) is 0. The van der Waals surface area contributed by atoms with Crippen LogP contribution in [-0.4, -0.2) is 5.78 Å². The molecule has 0 heterocycles. The minimum atomic E-state index is 0.239. The van der Waals surface area contributed by atoms with Crippen LogP contribution in [0.25, 0.3) is 0 Å². The number of Topliss-reactive ketones (excluding diaryl/α,β-unsaturated/α-hetero) is 1. The normalized spacial score (nSPS) is 28.0. The third kappa shape index (κ3) is 3.11. The van der Waals surface area contributed by atoms with Crippen molar-refractivity contribution in [2.45, 2.75) is 59.3 Å². The first kappa shape index (κ1) is 11.7. The molecule has 0 aromatic heterocycles. The maximum absolute atomic E-state index is 11.8. The van der Waals surface area contributed by atoms with Crippen LogP contribution in [0.4, 0.5) is 0 Å². The van der Waals surface area contributed by atoms with Gasteiger partial charge in [0, 0.05) is 11.8 Å². The van der Waals surface area contributed by atoms with Crippen molar-refractivity contribution in [1.29, 1.82) is 0 Å². The van der Waals surface area contributed by atoms with E-state index in [0.717, 1.165) is 18.8 Å². The van der Waals surface area contributed by atoms with Crippen molar-refractivity contribution in [3.8, 4) is 0 Å². The van der Waals surface area contributed by atoms with Crippen LogP contribution in [0, 0.1) is 17.8 Å². The summed E-state index contributed by atoms with van der Waals surface area (Å²) in [6.45, 7) is 6.31. The molecule has 82 valence electrons. The zero-order valence-electron chi connectivity index (χ0n) is 9.88. The molecule has 0 aromatic rings. The number of ketones is 1. The lowest BCUT2D eigenvalue weighted by Gasteiger charge is -2.28. The third-order valence-electron chi connectivity index (χ3n) is 3.52. The molecule has 0 saturated heterocycles. The molecule has 1 rings (SSSR count). The highest BCUT2D eigenvalue weighted by Crippen LogP contribution is 2.33. The zero-order chi connectivity index (χ0) is 10.6. The third-order valence-corrected chi connectivity index (χ3v) is 3.52. The maximum Gasteiger partial charge on any atom is 0.138 e. The molecule has 0 aliphatic heterocycles. The molecule has 0 bridgehead atoms. The molecular weight excluding hydrogens is 172 g/mol. The fraction of sp³-hybridized carbons (Fsp3) is 0.923. The molecule has 0 amide bonds. The van der Waals surface area contributed by atoms with E-state index >= 15 is 0 Å². The first-order valence-electron chi connectivity index (χ1n) is 6.18. The molecule has 1 aliphatic carbocycles. The van der Waals surface area contributed by atoms with Crippen molar-refractivity contribution in [3.05, 3.63) is 0 Å². The summed E-state index contributed by atoms with van der Waals surface area (Å²) in [5, 5.41) is 0. The lowest BCUT2D eigenvalue weighted by atomic mass is 9.76. The van der Waals surface area contributed by atoms with E-state index in [1.54, 1.807) is 0 Å². The second-order valence-corrected chi connectivity index (χ2v) is 5.06. The van der Waals surface area contributed by atoms with Gasteiger partial charge in [-0.3, -0.25) is 4.79 Å². The van der Waals surface area contributed by atoms with Gasteiger partial charge < -0.3 is 0 Å². The molecular formula is C13H24O. The summed E-state index contributed by atoms with van der Waals surface area (Å²) in [4.78, 5) is 11.8. The highest BCUT2D eigenvalue weighted by atomic mass is 16.1. The largest absolute Gasteiger partial charge is 0.299 e. The van der Waals surface area contributed by atoms with Crippen LogP contribution < -0.4 is 0 Å². The fourth-order valence-corrected chi connectivity index (χ4v) is 2.62. The minimum Gasteiger partial charge on any atom is -0.299 e. The molecule has 0 atom stereocenters. The van der Waals surface area contributed by atoms with E-state index in [1.807, 2.05) is 13.8 Å². The Labute approximate surface area is 88.3 Å². The van der Waals surface area contributed by atoms with Gasteiger partial charge in [-0.2, -0.15) is 0 Å². The van der Waals surface area contributed by atoms with E-state index in [0.29, 0.717) is 11.7 Å². The molecule has 0 radical (unpaired) electrons. The van der Waals surface area contributed by atoms with Crippen molar-refractivity contribution in [1.82, 2.24) is 0 Å². The Morgan fingerprint density at radius 1 is 1.21 bits per heavy atom. The first-order valence-corrected chi connectivity index (χ1v) is 6.18. The highest BCUT2D eigenvalue weighted by molar-refractivity contribution is 5.82. The van der Waals surface area contributed by atoms with Crippen molar-refractivity contribution in [2.24, 2.45) is 17.8 Å². The predicted octanol–water partition coefficient (Wildman–Crippen LogP) is 3.82. The van der Waals surface area contributed by atoms with E-state index < -0.39 is 0 Å². The van der Waals surface area contributed by atoms with E-state index in [1.165, 1.54) is 25.7 Å². The van der Waals surface area contributed by atoms with Crippen LogP contribution >= 0.6 is 0 Å². The van der Waals surface area contributed by atoms with Crippen molar-refractivity contribution in [3.63, 3.8) is 0 Å². The van der Waals surface area contributed by atoms with Gasteiger partial charge in [0.1, 0.15) is 5.78 Å². The molecule has 0 spiro atoms. The van der Waals surface area contributed by atoms with Gasteiger partial charge in [0.2, 0.25) is 0 Å². The van der Waals surface area contributed by atoms with Crippen molar-refractivity contribution >= 4 is 5.78 Å². The Balaban J connectivity index is 2.32. The summed E-state index contributed by atoms with van der Waals surface area (Å²) < 4.78 is 0. The van der Waals surface area contributed by atoms with Gasteiger partial charge in [0.25, 0.3) is 0 Å². The second kappa shape index (κ2) is 5.53. The van der Waals surface area contributed by atoms with E-state index in [2.05, 4.69) is 6.92 Å². The Morgan fingerprint density at radius 3 is 2.21 bits per heavy atom. The number of carbonyl (C=O) groups excluding carboxylic acids is 1. The van der Waals surface area contributed by atoms with Gasteiger partial charge in [0.05, 0.1) is 0 Å². The maximum atomic E-state index is 11.8. The highest BCUT2D eigenvalue weighted by Gasteiger charge is 2.26. The lowest BCUT2D eigenvalue weighted by molar-refractivity contribution is -0.127. The summed E-state index contributed by atoms with van der Waals surface area (Å²) in [6, 6.07) is 0. The minimum absolute atomic E-state index is 0.239. The summed E-state index contributed by atoms with van der Waals surface area (Å²) >= 11 is 0. The molecule has 14 heavy (non-hydrogen) atoms. The molecule has 0 N–H and O–H groups in total. The van der Waals surface area contributed by atoms with Gasteiger partial charge in [-0.15, -0.1) is 0 Å². The standard InChI is InChI=1S/C13H24O/c1-4-5-11-6-8-12(9-7-11)13(14)10(2)3/h10-12H,4-9H2,1-3H3. The molecule has 1 fully saturated rings. The Kier molecular flexibility index (Phi) is 4.64. The van der Waals surface area contributed by atoms with E-state index in [9.17, 15) is 4.79 Å². The van der Waals surface area contributed by atoms with Crippen molar-refractivity contribution in [2.75, 3.05) is 0 Å². The van der Waals surface area contributed by atoms with Gasteiger partial charge >= 0.3 is 0 Å². The smallest absolute Gasteiger partial charge is 0.138 e. The molecule has 1 nitrogen and oxygen atoms in total. The van der Waals surface area contributed by atoms with Crippen LogP contribution in [0.3, 0.4) is 0 Å².